The van der Waals surface area contributed by atoms with E-state index in [9.17, 15) is 4.79 Å². The third-order valence-electron chi connectivity index (χ3n) is 2.65. The summed E-state index contributed by atoms with van der Waals surface area (Å²) in [4.78, 5) is 13.6. The minimum atomic E-state index is 0.189. The fourth-order valence-electron chi connectivity index (χ4n) is 2.38. The highest BCUT2D eigenvalue weighted by atomic mass is 16.5. The molecule has 1 saturated heterocycles. The zero-order valence-corrected chi connectivity index (χ0v) is 9.45. The van der Waals surface area contributed by atoms with Crippen LogP contribution in [0.2, 0.25) is 0 Å². The lowest BCUT2D eigenvalue weighted by molar-refractivity contribution is -0.124. The van der Waals surface area contributed by atoms with Crippen LogP contribution in [0.4, 0.5) is 0 Å². The van der Waals surface area contributed by atoms with Gasteiger partial charge in [-0.3, -0.25) is 9.69 Å². The maximum absolute atomic E-state index is 11.4. The Morgan fingerprint density at radius 3 is 2.43 bits per heavy atom. The summed E-state index contributed by atoms with van der Waals surface area (Å²) in [6.45, 7) is 7.42. The summed E-state index contributed by atoms with van der Waals surface area (Å²) in [5.74, 6) is 1.62. The maximum atomic E-state index is 11.4. The highest BCUT2D eigenvalue weighted by molar-refractivity contribution is 5.81. The van der Waals surface area contributed by atoms with Gasteiger partial charge in [0.25, 0.3) is 0 Å². The Hall–Kier alpha value is -0.410. The minimum Gasteiger partial charge on any atom is -0.377 e. The second-order valence-electron chi connectivity index (χ2n) is 4.61. The number of ether oxygens (including phenoxy) is 1. The highest BCUT2D eigenvalue weighted by Crippen LogP contribution is 2.20. The Kier molecular flexibility index (Phi) is 4.55. The van der Waals surface area contributed by atoms with Crippen molar-refractivity contribution in [1.29, 1.82) is 0 Å². The fourth-order valence-corrected chi connectivity index (χ4v) is 2.38. The van der Waals surface area contributed by atoms with Gasteiger partial charge < -0.3 is 4.74 Å². The number of nitrogens with zero attached hydrogens (tertiary/aromatic N) is 1. The van der Waals surface area contributed by atoms with Crippen LogP contribution in [0.5, 0.6) is 0 Å². The van der Waals surface area contributed by atoms with Crippen LogP contribution < -0.4 is 0 Å². The predicted octanol–water partition coefficient (Wildman–Crippen LogP) is 1.18. The number of piperidine rings is 1. The number of methoxy groups -OCH3 is 1. The summed E-state index contributed by atoms with van der Waals surface area (Å²) in [7, 11) is 1.57. The third-order valence-corrected chi connectivity index (χ3v) is 2.65. The molecular weight excluding hydrogens is 178 g/mol. The van der Waals surface area contributed by atoms with E-state index in [-0.39, 0.29) is 12.4 Å². The molecule has 2 atom stereocenters. The molecule has 0 aliphatic carbocycles. The van der Waals surface area contributed by atoms with Gasteiger partial charge in [0.2, 0.25) is 0 Å². The number of carbonyl (C=O) groups is 1. The molecular formula is C11H21NO2. The van der Waals surface area contributed by atoms with Crippen LogP contribution in [0.1, 0.15) is 20.3 Å². The van der Waals surface area contributed by atoms with Gasteiger partial charge in [-0.1, -0.05) is 13.8 Å². The summed E-state index contributed by atoms with van der Waals surface area (Å²) in [6.07, 6.45) is 1.29. The van der Waals surface area contributed by atoms with Gasteiger partial charge >= 0.3 is 0 Å². The molecule has 0 saturated carbocycles. The van der Waals surface area contributed by atoms with Crippen molar-refractivity contribution in [2.75, 3.05) is 33.4 Å². The Labute approximate surface area is 86.4 Å². The molecule has 0 aromatic carbocycles. The number of carbonyl (C=O) groups excluding carboxylic acids is 1. The second kappa shape index (κ2) is 5.47. The molecule has 2 unspecified atom stereocenters. The molecule has 1 fully saturated rings. The van der Waals surface area contributed by atoms with E-state index in [1.54, 1.807) is 7.11 Å². The van der Waals surface area contributed by atoms with E-state index in [2.05, 4.69) is 18.7 Å². The van der Waals surface area contributed by atoms with Crippen molar-refractivity contribution in [3.05, 3.63) is 0 Å². The summed E-state index contributed by atoms with van der Waals surface area (Å²) < 4.78 is 4.82. The van der Waals surface area contributed by atoms with E-state index in [0.717, 1.165) is 13.1 Å². The Bertz CT molecular complexity index is 184. The molecule has 0 amide bonds. The standard InChI is InChI=1S/C11H21NO2/c1-9-4-10(2)6-12(5-9)7-11(13)8-14-3/h9-10H,4-8H2,1-3H3. The zero-order valence-electron chi connectivity index (χ0n) is 9.45. The molecule has 0 bridgehead atoms. The first-order valence-corrected chi connectivity index (χ1v) is 5.34. The molecule has 0 spiro atoms. The van der Waals surface area contributed by atoms with Gasteiger partial charge in [0.1, 0.15) is 6.61 Å². The van der Waals surface area contributed by atoms with E-state index in [4.69, 9.17) is 4.74 Å². The van der Waals surface area contributed by atoms with Gasteiger partial charge in [-0.25, -0.2) is 0 Å². The van der Waals surface area contributed by atoms with Gasteiger partial charge in [-0.05, 0) is 18.3 Å². The van der Waals surface area contributed by atoms with Gasteiger partial charge in [0, 0.05) is 20.2 Å². The highest BCUT2D eigenvalue weighted by Gasteiger charge is 2.22. The number of ketones is 1. The van der Waals surface area contributed by atoms with E-state index in [1.165, 1.54) is 6.42 Å². The van der Waals surface area contributed by atoms with Crippen molar-refractivity contribution >= 4 is 5.78 Å². The predicted molar refractivity (Wildman–Crippen MR) is 56.3 cm³/mol. The van der Waals surface area contributed by atoms with Crippen LogP contribution >= 0.6 is 0 Å². The molecule has 3 nitrogen and oxygen atoms in total. The van der Waals surface area contributed by atoms with Crippen LogP contribution in [-0.2, 0) is 9.53 Å². The van der Waals surface area contributed by atoms with Crippen molar-refractivity contribution in [2.24, 2.45) is 11.8 Å². The summed E-state index contributed by atoms with van der Waals surface area (Å²) in [6, 6.07) is 0. The third kappa shape index (κ3) is 3.76. The SMILES string of the molecule is COCC(=O)CN1CC(C)CC(C)C1. The molecule has 1 aliphatic rings. The molecule has 1 aliphatic heterocycles. The Morgan fingerprint density at radius 1 is 1.36 bits per heavy atom. The normalized spacial score (nSPS) is 29.1. The van der Waals surface area contributed by atoms with Gasteiger partial charge in [-0.2, -0.15) is 0 Å². The summed E-state index contributed by atoms with van der Waals surface area (Å²) in [5.41, 5.74) is 0. The van der Waals surface area contributed by atoms with E-state index >= 15 is 0 Å². The second-order valence-corrected chi connectivity index (χ2v) is 4.61. The Balaban J connectivity index is 2.33. The number of Topliss-reactive ketones (excluding diaryl/α,β-unsaturated/α-hetero) is 1. The van der Waals surface area contributed by atoms with Crippen LogP contribution in [0, 0.1) is 11.8 Å². The van der Waals surface area contributed by atoms with E-state index < -0.39 is 0 Å². The van der Waals surface area contributed by atoms with Crippen molar-refractivity contribution < 1.29 is 9.53 Å². The number of likely N-dealkylation sites (tertiary alicyclic amines) is 1. The first kappa shape index (κ1) is 11.7. The largest absolute Gasteiger partial charge is 0.377 e. The fraction of sp³-hybridized carbons (Fsp3) is 0.909. The lowest BCUT2D eigenvalue weighted by Crippen LogP contribution is -2.42. The maximum Gasteiger partial charge on any atom is 0.172 e. The molecule has 0 radical (unpaired) electrons. The van der Waals surface area contributed by atoms with Crippen molar-refractivity contribution in [3.8, 4) is 0 Å². The molecule has 14 heavy (non-hydrogen) atoms. The smallest absolute Gasteiger partial charge is 0.172 e. The molecule has 0 aromatic heterocycles. The van der Waals surface area contributed by atoms with Crippen LogP contribution in [-0.4, -0.2) is 44.0 Å². The average Bonchev–Trinajstić information content (AvgIpc) is 2.01. The molecule has 3 heteroatoms. The van der Waals surface area contributed by atoms with Crippen LogP contribution in [0.3, 0.4) is 0 Å². The molecule has 0 N–H and O–H groups in total. The van der Waals surface area contributed by atoms with Crippen LogP contribution in [0.25, 0.3) is 0 Å². The lowest BCUT2D eigenvalue weighted by Gasteiger charge is -2.34. The first-order valence-electron chi connectivity index (χ1n) is 5.34. The van der Waals surface area contributed by atoms with E-state index in [0.29, 0.717) is 18.4 Å². The number of rotatable bonds is 4. The van der Waals surface area contributed by atoms with Gasteiger partial charge in [0.05, 0.1) is 6.54 Å². The van der Waals surface area contributed by atoms with Gasteiger partial charge in [0.15, 0.2) is 5.78 Å². The van der Waals surface area contributed by atoms with Crippen molar-refractivity contribution in [2.45, 2.75) is 20.3 Å². The monoisotopic (exact) mass is 199 g/mol. The average molecular weight is 199 g/mol. The number of hydrogen-bond donors (Lipinski definition) is 0. The minimum absolute atomic E-state index is 0.189. The molecule has 1 heterocycles. The summed E-state index contributed by atoms with van der Waals surface area (Å²) >= 11 is 0. The quantitative estimate of drug-likeness (QED) is 0.681. The first-order chi connectivity index (χ1) is 6.61. The van der Waals surface area contributed by atoms with Crippen molar-refractivity contribution in [1.82, 2.24) is 4.90 Å². The lowest BCUT2D eigenvalue weighted by atomic mass is 9.92. The summed E-state index contributed by atoms with van der Waals surface area (Å²) in [5, 5.41) is 0. The zero-order chi connectivity index (χ0) is 10.6. The van der Waals surface area contributed by atoms with Crippen molar-refractivity contribution in [3.63, 3.8) is 0 Å². The molecule has 82 valence electrons. The van der Waals surface area contributed by atoms with E-state index in [1.807, 2.05) is 0 Å². The Morgan fingerprint density at radius 2 is 1.93 bits per heavy atom. The van der Waals surface area contributed by atoms with Crippen LogP contribution in [0.15, 0.2) is 0 Å². The number of hydrogen-bond acceptors (Lipinski definition) is 3. The topological polar surface area (TPSA) is 29.5 Å². The van der Waals surface area contributed by atoms with Gasteiger partial charge in [-0.15, -0.1) is 0 Å². The molecule has 0 aromatic rings. The molecule has 1 rings (SSSR count).